The average Bonchev–Trinajstić information content (AvgIpc) is 2.56. The summed E-state index contributed by atoms with van der Waals surface area (Å²) in [5.74, 6) is -0.307. The van der Waals surface area contributed by atoms with Gasteiger partial charge in [0.05, 0.1) is 6.20 Å². The smallest absolute Gasteiger partial charge is 0.149 e. The van der Waals surface area contributed by atoms with Gasteiger partial charge in [0.1, 0.15) is 17.7 Å². The molecule has 4 heteroatoms. The molecule has 0 aliphatic heterocycles. The molecule has 1 aromatic heterocycles. The zero-order valence-corrected chi connectivity index (χ0v) is 7.03. The Balaban J connectivity index is 2.53. The molecule has 1 aromatic carbocycles. The molecule has 0 aliphatic carbocycles. The normalized spacial score (nSPS) is 10.3. The molecule has 0 spiro atoms. The SMILES string of the molecule is Cc1ccc(-n2c[c]nn2)c(F)c1. The Morgan fingerprint density at radius 2 is 2.31 bits per heavy atom. The highest BCUT2D eigenvalue weighted by molar-refractivity contribution is 5.34. The maximum absolute atomic E-state index is 13.3. The van der Waals surface area contributed by atoms with Crippen LogP contribution in [0.3, 0.4) is 0 Å². The Labute approximate surface area is 74.8 Å². The minimum absolute atomic E-state index is 0.307. The van der Waals surface area contributed by atoms with Crippen LogP contribution in [0.15, 0.2) is 24.4 Å². The average molecular weight is 176 g/mol. The minimum atomic E-state index is -0.307. The molecule has 3 nitrogen and oxygen atoms in total. The number of nitrogens with zero attached hydrogens (tertiary/aromatic N) is 3. The Kier molecular flexibility index (Phi) is 1.81. The van der Waals surface area contributed by atoms with Gasteiger partial charge in [0.25, 0.3) is 0 Å². The summed E-state index contributed by atoms with van der Waals surface area (Å²) in [5.41, 5.74) is 1.27. The highest BCUT2D eigenvalue weighted by atomic mass is 19.1. The van der Waals surface area contributed by atoms with E-state index in [0.29, 0.717) is 5.69 Å². The number of aromatic nitrogens is 3. The zero-order chi connectivity index (χ0) is 9.26. The zero-order valence-electron chi connectivity index (χ0n) is 7.03. The molecule has 0 fully saturated rings. The molecule has 1 heterocycles. The van der Waals surface area contributed by atoms with Crippen LogP contribution in [0.5, 0.6) is 0 Å². The standard InChI is InChI=1S/C9H7FN3/c1-7-2-3-9(8(10)6-7)13-5-4-11-12-13/h2-3,5-6H,1H3. The van der Waals surface area contributed by atoms with Crippen LogP contribution in [0.25, 0.3) is 5.69 Å². The largest absolute Gasteiger partial charge is 0.217 e. The van der Waals surface area contributed by atoms with Crippen LogP contribution in [-0.2, 0) is 0 Å². The summed E-state index contributed by atoms with van der Waals surface area (Å²) < 4.78 is 14.7. The van der Waals surface area contributed by atoms with Crippen LogP contribution in [-0.4, -0.2) is 15.0 Å². The predicted octanol–water partition coefficient (Wildman–Crippen LogP) is 1.52. The van der Waals surface area contributed by atoms with Gasteiger partial charge < -0.3 is 0 Å². The number of rotatable bonds is 1. The first kappa shape index (κ1) is 7.91. The molecule has 0 atom stereocenters. The molecule has 13 heavy (non-hydrogen) atoms. The third-order valence-corrected chi connectivity index (χ3v) is 1.73. The van der Waals surface area contributed by atoms with Gasteiger partial charge in [-0.3, -0.25) is 0 Å². The van der Waals surface area contributed by atoms with Gasteiger partial charge in [-0.05, 0) is 24.6 Å². The Morgan fingerprint density at radius 3 is 2.92 bits per heavy atom. The van der Waals surface area contributed by atoms with Gasteiger partial charge in [0, 0.05) is 0 Å². The predicted molar refractivity (Wildman–Crippen MR) is 44.9 cm³/mol. The van der Waals surface area contributed by atoms with Crippen molar-refractivity contribution in [2.24, 2.45) is 0 Å². The van der Waals surface area contributed by atoms with Crippen molar-refractivity contribution in [1.82, 2.24) is 15.0 Å². The van der Waals surface area contributed by atoms with Gasteiger partial charge in [-0.2, -0.15) is 0 Å². The molecule has 0 saturated carbocycles. The van der Waals surface area contributed by atoms with E-state index in [2.05, 4.69) is 16.5 Å². The van der Waals surface area contributed by atoms with Crippen molar-refractivity contribution in [2.45, 2.75) is 6.92 Å². The highest BCUT2D eigenvalue weighted by Crippen LogP contribution is 2.12. The minimum Gasteiger partial charge on any atom is -0.217 e. The van der Waals surface area contributed by atoms with Gasteiger partial charge >= 0.3 is 0 Å². The topological polar surface area (TPSA) is 30.7 Å². The summed E-state index contributed by atoms with van der Waals surface area (Å²) in [4.78, 5) is 0. The lowest BCUT2D eigenvalue weighted by molar-refractivity contribution is 0.606. The van der Waals surface area contributed by atoms with Crippen LogP contribution in [0.1, 0.15) is 5.56 Å². The molecule has 0 N–H and O–H groups in total. The first-order valence-corrected chi connectivity index (χ1v) is 3.82. The second-order valence-corrected chi connectivity index (χ2v) is 2.75. The van der Waals surface area contributed by atoms with E-state index in [4.69, 9.17) is 0 Å². The quantitative estimate of drug-likeness (QED) is 0.659. The van der Waals surface area contributed by atoms with Crippen LogP contribution < -0.4 is 0 Å². The molecule has 0 bridgehead atoms. The lowest BCUT2D eigenvalue weighted by atomic mass is 10.2. The molecule has 0 aliphatic rings. The first-order chi connectivity index (χ1) is 6.27. The fraction of sp³-hybridized carbons (Fsp3) is 0.111. The Bertz CT molecular complexity index is 409. The Morgan fingerprint density at radius 1 is 1.46 bits per heavy atom. The van der Waals surface area contributed by atoms with Crippen LogP contribution in [0.4, 0.5) is 4.39 Å². The number of benzene rings is 1. The second-order valence-electron chi connectivity index (χ2n) is 2.75. The molecular weight excluding hydrogens is 169 g/mol. The summed E-state index contributed by atoms with van der Waals surface area (Å²) in [5, 5.41) is 7.13. The first-order valence-electron chi connectivity index (χ1n) is 3.82. The lowest BCUT2D eigenvalue weighted by Crippen LogP contribution is -1.98. The van der Waals surface area contributed by atoms with E-state index in [1.807, 2.05) is 13.0 Å². The molecule has 1 radical (unpaired) electrons. The highest BCUT2D eigenvalue weighted by Gasteiger charge is 2.04. The fourth-order valence-electron chi connectivity index (χ4n) is 1.10. The van der Waals surface area contributed by atoms with E-state index in [-0.39, 0.29) is 5.82 Å². The van der Waals surface area contributed by atoms with Crippen molar-refractivity contribution < 1.29 is 4.39 Å². The molecule has 0 saturated heterocycles. The van der Waals surface area contributed by atoms with Gasteiger partial charge in [-0.15, -0.1) is 5.10 Å². The monoisotopic (exact) mass is 176 g/mol. The van der Waals surface area contributed by atoms with Crippen molar-refractivity contribution >= 4 is 0 Å². The summed E-state index contributed by atoms with van der Waals surface area (Å²) >= 11 is 0. The molecular formula is C9H7FN3. The van der Waals surface area contributed by atoms with Gasteiger partial charge in [0.2, 0.25) is 0 Å². The Hall–Kier alpha value is -1.71. The maximum Gasteiger partial charge on any atom is 0.149 e. The van der Waals surface area contributed by atoms with Crippen molar-refractivity contribution in [3.8, 4) is 5.69 Å². The van der Waals surface area contributed by atoms with Gasteiger partial charge in [-0.1, -0.05) is 11.3 Å². The molecule has 0 amide bonds. The summed E-state index contributed by atoms with van der Waals surface area (Å²) in [6.45, 7) is 1.83. The van der Waals surface area contributed by atoms with Crippen molar-refractivity contribution in [2.75, 3.05) is 0 Å². The second kappa shape index (κ2) is 2.97. The lowest BCUT2D eigenvalue weighted by Gasteiger charge is -2.01. The molecule has 2 aromatic rings. The van der Waals surface area contributed by atoms with E-state index >= 15 is 0 Å². The third-order valence-electron chi connectivity index (χ3n) is 1.73. The van der Waals surface area contributed by atoms with E-state index in [0.717, 1.165) is 5.56 Å². The number of halogens is 1. The van der Waals surface area contributed by atoms with E-state index < -0.39 is 0 Å². The summed E-state index contributed by atoms with van der Waals surface area (Å²) in [7, 11) is 0. The van der Waals surface area contributed by atoms with E-state index in [1.54, 1.807) is 6.07 Å². The molecule has 2 rings (SSSR count). The van der Waals surface area contributed by atoms with Gasteiger partial charge in [0.15, 0.2) is 0 Å². The molecule has 0 unspecified atom stereocenters. The van der Waals surface area contributed by atoms with E-state index in [9.17, 15) is 4.39 Å². The number of hydrogen-bond acceptors (Lipinski definition) is 2. The number of aryl methyl sites for hydroxylation is 1. The van der Waals surface area contributed by atoms with Crippen molar-refractivity contribution in [1.29, 1.82) is 0 Å². The van der Waals surface area contributed by atoms with Gasteiger partial charge in [-0.25, -0.2) is 9.07 Å². The maximum atomic E-state index is 13.3. The summed E-state index contributed by atoms with van der Waals surface area (Å²) in [6, 6.07) is 4.93. The van der Waals surface area contributed by atoms with E-state index in [1.165, 1.54) is 16.9 Å². The van der Waals surface area contributed by atoms with Crippen molar-refractivity contribution in [3.63, 3.8) is 0 Å². The fourth-order valence-corrected chi connectivity index (χ4v) is 1.10. The molecule has 65 valence electrons. The van der Waals surface area contributed by atoms with Crippen LogP contribution in [0.2, 0.25) is 0 Å². The van der Waals surface area contributed by atoms with Crippen LogP contribution >= 0.6 is 0 Å². The number of hydrogen-bond donors (Lipinski definition) is 0. The summed E-state index contributed by atoms with van der Waals surface area (Å²) in [6.07, 6.45) is 3.99. The van der Waals surface area contributed by atoms with Crippen molar-refractivity contribution in [3.05, 3.63) is 42.0 Å². The third kappa shape index (κ3) is 1.42. The van der Waals surface area contributed by atoms with Crippen LogP contribution in [0, 0.1) is 18.9 Å².